The summed E-state index contributed by atoms with van der Waals surface area (Å²) >= 11 is 0. The number of aliphatic hydroxyl groups excluding tert-OH is 1. The van der Waals surface area contributed by atoms with Crippen LogP contribution in [0.15, 0.2) is 0 Å². The Morgan fingerprint density at radius 3 is 2.45 bits per heavy atom. The summed E-state index contributed by atoms with van der Waals surface area (Å²) in [7, 11) is 1.88. The van der Waals surface area contributed by atoms with Crippen LogP contribution < -0.4 is 5.73 Å². The zero-order valence-electron chi connectivity index (χ0n) is 13.4. The predicted molar refractivity (Wildman–Crippen MR) is 81.3 cm³/mol. The summed E-state index contributed by atoms with van der Waals surface area (Å²) in [5.41, 5.74) is 5.19. The van der Waals surface area contributed by atoms with Gasteiger partial charge in [-0.3, -0.25) is 4.79 Å². The van der Waals surface area contributed by atoms with Crippen LogP contribution in [0.25, 0.3) is 0 Å². The first-order valence-corrected chi connectivity index (χ1v) is 7.62. The van der Waals surface area contributed by atoms with Crippen LogP contribution in [-0.2, 0) is 4.79 Å². The van der Waals surface area contributed by atoms with Crippen molar-refractivity contribution in [2.45, 2.75) is 39.7 Å². The number of hydrogen-bond donors (Lipinski definition) is 2. The van der Waals surface area contributed by atoms with Crippen molar-refractivity contribution >= 4 is 5.91 Å². The summed E-state index contributed by atoms with van der Waals surface area (Å²) in [5.74, 6) is 0.689. The highest BCUT2D eigenvalue weighted by atomic mass is 16.3. The lowest BCUT2D eigenvalue weighted by Crippen LogP contribution is -2.46. The topological polar surface area (TPSA) is 69.8 Å². The van der Waals surface area contributed by atoms with Crippen LogP contribution in [0.3, 0.4) is 0 Å². The van der Waals surface area contributed by atoms with E-state index in [0.29, 0.717) is 12.5 Å². The molecule has 1 saturated heterocycles. The van der Waals surface area contributed by atoms with Gasteiger partial charge < -0.3 is 20.6 Å². The Kier molecular flexibility index (Phi) is 6.43. The van der Waals surface area contributed by atoms with E-state index in [2.05, 4.69) is 4.90 Å². The Morgan fingerprint density at radius 1 is 1.45 bits per heavy atom. The van der Waals surface area contributed by atoms with Gasteiger partial charge in [0.2, 0.25) is 5.91 Å². The molecule has 0 radical (unpaired) electrons. The quantitative estimate of drug-likeness (QED) is 0.746. The van der Waals surface area contributed by atoms with Crippen LogP contribution in [0, 0.1) is 11.3 Å². The van der Waals surface area contributed by atoms with E-state index in [0.717, 1.165) is 39.0 Å². The summed E-state index contributed by atoms with van der Waals surface area (Å²) in [6.45, 7) is 9.59. The molecule has 0 aromatic carbocycles. The molecule has 1 fully saturated rings. The maximum atomic E-state index is 12.3. The van der Waals surface area contributed by atoms with Crippen molar-refractivity contribution in [1.82, 2.24) is 9.80 Å². The largest absolute Gasteiger partial charge is 0.392 e. The van der Waals surface area contributed by atoms with E-state index >= 15 is 0 Å². The van der Waals surface area contributed by atoms with Crippen molar-refractivity contribution in [1.29, 1.82) is 0 Å². The van der Waals surface area contributed by atoms with Crippen molar-refractivity contribution in [3.8, 4) is 0 Å². The monoisotopic (exact) mass is 285 g/mol. The van der Waals surface area contributed by atoms with E-state index in [1.165, 1.54) is 0 Å². The molecule has 0 saturated carbocycles. The molecule has 0 aliphatic carbocycles. The van der Waals surface area contributed by atoms with E-state index in [1.54, 1.807) is 0 Å². The molecule has 1 aliphatic heterocycles. The number of hydrogen-bond acceptors (Lipinski definition) is 4. The first kappa shape index (κ1) is 17.4. The van der Waals surface area contributed by atoms with Gasteiger partial charge in [0, 0.05) is 26.7 Å². The van der Waals surface area contributed by atoms with Gasteiger partial charge in [0.15, 0.2) is 0 Å². The number of aliphatic hydroxyl groups is 1. The SMILES string of the molecule is CC(O)CN1CCC(CN(C)C(=O)C(C)(C)CN)CC1. The summed E-state index contributed by atoms with van der Waals surface area (Å²) in [6, 6.07) is 0. The van der Waals surface area contributed by atoms with Crippen LogP contribution in [0.4, 0.5) is 0 Å². The van der Waals surface area contributed by atoms with E-state index in [-0.39, 0.29) is 12.0 Å². The standard InChI is InChI=1S/C15H31N3O2/c1-12(19)9-18-7-5-13(6-8-18)10-17(4)14(20)15(2,3)11-16/h12-13,19H,5-11,16H2,1-4H3. The van der Waals surface area contributed by atoms with Gasteiger partial charge in [0.1, 0.15) is 0 Å². The van der Waals surface area contributed by atoms with E-state index in [9.17, 15) is 9.90 Å². The summed E-state index contributed by atoms with van der Waals surface area (Å²) in [6.07, 6.45) is 1.92. The fourth-order valence-electron chi connectivity index (χ4n) is 2.80. The number of rotatable bonds is 6. The van der Waals surface area contributed by atoms with E-state index < -0.39 is 5.41 Å². The molecule has 20 heavy (non-hydrogen) atoms. The summed E-state index contributed by atoms with van der Waals surface area (Å²) < 4.78 is 0. The molecule has 1 heterocycles. The fraction of sp³-hybridized carbons (Fsp3) is 0.933. The fourth-order valence-corrected chi connectivity index (χ4v) is 2.80. The lowest BCUT2D eigenvalue weighted by Gasteiger charge is -2.36. The van der Waals surface area contributed by atoms with Gasteiger partial charge in [-0.1, -0.05) is 0 Å². The third kappa shape index (κ3) is 5.04. The maximum absolute atomic E-state index is 12.3. The molecule has 0 aromatic heterocycles. The Labute approximate surface area is 123 Å². The van der Waals surface area contributed by atoms with Gasteiger partial charge >= 0.3 is 0 Å². The first-order chi connectivity index (χ1) is 9.26. The Bertz CT molecular complexity index is 310. The van der Waals surface area contributed by atoms with Crippen molar-refractivity contribution in [3.05, 3.63) is 0 Å². The Hall–Kier alpha value is -0.650. The molecule has 118 valence electrons. The highest BCUT2D eigenvalue weighted by molar-refractivity contribution is 5.81. The van der Waals surface area contributed by atoms with Gasteiger partial charge in [-0.25, -0.2) is 0 Å². The molecular weight excluding hydrogens is 254 g/mol. The Morgan fingerprint density at radius 2 is 2.00 bits per heavy atom. The Balaban J connectivity index is 2.38. The number of piperidine rings is 1. The molecule has 1 unspecified atom stereocenters. The van der Waals surface area contributed by atoms with Gasteiger partial charge in [0.25, 0.3) is 0 Å². The van der Waals surface area contributed by atoms with E-state index in [1.807, 2.05) is 32.7 Å². The lowest BCUT2D eigenvalue weighted by molar-refractivity contribution is -0.139. The lowest BCUT2D eigenvalue weighted by atomic mass is 9.90. The van der Waals surface area contributed by atoms with Gasteiger partial charge in [-0.2, -0.15) is 0 Å². The van der Waals surface area contributed by atoms with Gasteiger partial charge in [-0.05, 0) is 52.6 Å². The molecule has 1 atom stereocenters. The van der Waals surface area contributed by atoms with Crippen molar-refractivity contribution < 1.29 is 9.90 Å². The van der Waals surface area contributed by atoms with Crippen LogP contribution in [0.2, 0.25) is 0 Å². The second-order valence-electron chi connectivity index (χ2n) is 6.87. The molecule has 1 rings (SSSR count). The van der Waals surface area contributed by atoms with Crippen molar-refractivity contribution in [3.63, 3.8) is 0 Å². The summed E-state index contributed by atoms with van der Waals surface area (Å²) in [4.78, 5) is 16.4. The third-order valence-electron chi connectivity index (χ3n) is 4.20. The average molecular weight is 285 g/mol. The van der Waals surface area contributed by atoms with Crippen LogP contribution in [-0.4, -0.2) is 66.7 Å². The second kappa shape index (κ2) is 7.38. The first-order valence-electron chi connectivity index (χ1n) is 7.62. The van der Waals surface area contributed by atoms with Crippen molar-refractivity contribution in [2.24, 2.45) is 17.1 Å². The smallest absolute Gasteiger partial charge is 0.229 e. The minimum Gasteiger partial charge on any atom is -0.392 e. The van der Waals surface area contributed by atoms with Crippen LogP contribution in [0.1, 0.15) is 33.6 Å². The molecule has 0 aromatic rings. The maximum Gasteiger partial charge on any atom is 0.229 e. The number of β-amino-alcohol motifs (C(OH)–C–C–N with tert-alkyl or cyclic N) is 1. The van der Waals surface area contributed by atoms with Gasteiger partial charge in [0.05, 0.1) is 11.5 Å². The zero-order valence-corrected chi connectivity index (χ0v) is 13.4. The molecule has 5 heteroatoms. The van der Waals surface area contributed by atoms with Crippen molar-refractivity contribution in [2.75, 3.05) is 39.8 Å². The molecule has 3 N–H and O–H groups in total. The van der Waals surface area contributed by atoms with Crippen LogP contribution >= 0.6 is 0 Å². The highest BCUT2D eigenvalue weighted by Gasteiger charge is 2.30. The minimum absolute atomic E-state index is 0.131. The number of nitrogens with two attached hydrogens (primary N) is 1. The molecule has 0 bridgehead atoms. The minimum atomic E-state index is -0.470. The van der Waals surface area contributed by atoms with Crippen LogP contribution in [0.5, 0.6) is 0 Å². The number of likely N-dealkylation sites (tertiary alicyclic amines) is 1. The molecule has 5 nitrogen and oxygen atoms in total. The molecular formula is C15H31N3O2. The third-order valence-corrected chi connectivity index (χ3v) is 4.20. The average Bonchev–Trinajstić information content (AvgIpc) is 2.39. The van der Waals surface area contributed by atoms with E-state index in [4.69, 9.17) is 5.73 Å². The molecule has 1 aliphatic rings. The number of amides is 1. The zero-order chi connectivity index (χ0) is 15.3. The number of carbonyl (C=O) groups is 1. The predicted octanol–water partition coefficient (Wildman–Crippen LogP) is 0.523. The normalized spacial score (nSPS) is 19.9. The highest BCUT2D eigenvalue weighted by Crippen LogP contribution is 2.21. The van der Waals surface area contributed by atoms with Gasteiger partial charge in [-0.15, -0.1) is 0 Å². The number of nitrogens with zero attached hydrogens (tertiary/aromatic N) is 2. The molecule has 1 amide bonds. The second-order valence-corrected chi connectivity index (χ2v) is 6.87. The molecule has 0 spiro atoms. The summed E-state index contributed by atoms with van der Waals surface area (Å²) in [5, 5.41) is 9.40. The number of carbonyl (C=O) groups excluding carboxylic acids is 1.